The van der Waals surface area contributed by atoms with Gasteiger partial charge in [-0.1, -0.05) is 31.2 Å². The summed E-state index contributed by atoms with van der Waals surface area (Å²) in [5.41, 5.74) is 3.72. The van der Waals surface area contributed by atoms with Crippen molar-refractivity contribution in [3.63, 3.8) is 0 Å². The maximum absolute atomic E-state index is 5.69. The fourth-order valence-corrected chi connectivity index (χ4v) is 2.93. The number of hydrogen-bond donors (Lipinski definition) is 2. The van der Waals surface area contributed by atoms with Crippen LogP contribution in [0, 0.1) is 0 Å². The number of halogens is 1. The first kappa shape index (κ1) is 21.9. The topological polar surface area (TPSA) is 45.6 Å². The lowest BCUT2D eigenvalue weighted by Gasteiger charge is -2.14. The van der Waals surface area contributed by atoms with E-state index in [1.165, 1.54) is 16.7 Å². The first-order valence-corrected chi connectivity index (χ1v) is 9.45. The van der Waals surface area contributed by atoms with Crippen LogP contribution in [-0.2, 0) is 24.4 Å². The highest BCUT2D eigenvalue weighted by molar-refractivity contribution is 14.0. The van der Waals surface area contributed by atoms with Gasteiger partial charge in [0, 0.05) is 19.7 Å². The summed E-state index contributed by atoms with van der Waals surface area (Å²) in [4.78, 5) is 4.65. The van der Waals surface area contributed by atoms with E-state index < -0.39 is 0 Å². The highest BCUT2D eigenvalue weighted by atomic mass is 127. The average Bonchev–Trinajstić information content (AvgIpc) is 3.12. The van der Waals surface area contributed by atoms with Crippen LogP contribution in [0.4, 0.5) is 0 Å². The van der Waals surface area contributed by atoms with Crippen LogP contribution in [0.1, 0.15) is 37.0 Å². The second kappa shape index (κ2) is 13.1. The van der Waals surface area contributed by atoms with Gasteiger partial charge in [0.1, 0.15) is 0 Å². The molecule has 0 spiro atoms. The van der Waals surface area contributed by atoms with E-state index in [1.54, 1.807) is 11.3 Å². The second-order valence-electron chi connectivity index (χ2n) is 5.50. The molecule has 0 aliphatic carbocycles. The number of ether oxygens (including phenoxy) is 1. The molecule has 0 aliphatic heterocycles. The maximum atomic E-state index is 5.69. The average molecular weight is 473 g/mol. The summed E-state index contributed by atoms with van der Waals surface area (Å²) >= 11 is 1.70. The molecular weight excluding hydrogens is 445 g/mol. The van der Waals surface area contributed by atoms with Crippen LogP contribution in [0.15, 0.2) is 46.1 Å². The molecule has 138 valence electrons. The molecule has 1 heterocycles. The number of thiophene rings is 1. The number of nitrogens with one attached hydrogen (secondary N) is 2. The highest BCUT2D eigenvalue weighted by Crippen LogP contribution is 2.10. The third-order valence-corrected chi connectivity index (χ3v) is 4.25. The van der Waals surface area contributed by atoms with Crippen LogP contribution in [0.2, 0.25) is 0 Å². The van der Waals surface area contributed by atoms with Crippen LogP contribution in [0.3, 0.4) is 0 Å². The van der Waals surface area contributed by atoms with Gasteiger partial charge < -0.3 is 15.4 Å². The molecule has 0 saturated carbocycles. The molecule has 4 nitrogen and oxygen atoms in total. The molecule has 0 unspecified atom stereocenters. The summed E-state index contributed by atoms with van der Waals surface area (Å²) in [6.45, 7) is 7.94. The summed E-state index contributed by atoms with van der Waals surface area (Å²) in [5, 5.41) is 10.9. The van der Waals surface area contributed by atoms with Crippen LogP contribution in [-0.4, -0.2) is 19.1 Å². The predicted octanol–water partition coefficient (Wildman–Crippen LogP) is 4.55. The van der Waals surface area contributed by atoms with E-state index in [-0.39, 0.29) is 24.0 Å². The summed E-state index contributed by atoms with van der Waals surface area (Å²) in [7, 11) is 0. The minimum atomic E-state index is 0. The lowest BCUT2D eigenvalue weighted by atomic mass is 10.1. The fourth-order valence-electron chi connectivity index (χ4n) is 2.27. The number of hydrogen-bond acceptors (Lipinski definition) is 3. The highest BCUT2D eigenvalue weighted by Gasteiger charge is 2.04. The largest absolute Gasteiger partial charge is 0.377 e. The number of nitrogens with zero attached hydrogens (tertiary/aromatic N) is 1. The quantitative estimate of drug-likeness (QED) is 0.243. The monoisotopic (exact) mass is 473 g/mol. The normalized spacial score (nSPS) is 11.0. The van der Waals surface area contributed by atoms with Gasteiger partial charge in [0.25, 0.3) is 0 Å². The van der Waals surface area contributed by atoms with Gasteiger partial charge in [-0.2, -0.15) is 11.3 Å². The zero-order valence-electron chi connectivity index (χ0n) is 15.0. The molecule has 2 aromatic rings. The van der Waals surface area contributed by atoms with Gasteiger partial charge in [-0.05, 0) is 46.9 Å². The number of benzene rings is 1. The second-order valence-corrected chi connectivity index (χ2v) is 6.28. The molecule has 1 aromatic carbocycles. The summed E-state index contributed by atoms with van der Waals surface area (Å²) < 4.78 is 5.69. The van der Waals surface area contributed by atoms with Crippen molar-refractivity contribution < 1.29 is 4.74 Å². The van der Waals surface area contributed by atoms with Gasteiger partial charge in [0.2, 0.25) is 0 Å². The zero-order valence-corrected chi connectivity index (χ0v) is 18.1. The Kier molecular flexibility index (Phi) is 11.5. The molecule has 1 aromatic heterocycles. The van der Waals surface area contributed by atoms with Crippen LogP contribution in [0.5, 0.6) is 0 Å². The zero-order chi connectivity index (χ0) is 17.0. The Bertz CT molecular complexity index is 617. The van der Waals surface area contributed by atoms with E-state index in [0.29, 0.717) is 13.2 Å². The Morgan fingerprint density at radius 2 is 1.92 bits per heavy atom. The Labute approximate surface area is 172 Å². The van der Waals surface area contributed by atoms with Crippen molar-refractivity contribution >= 4 is 41.3 Å². The molecule has 0 atom stereocenters. The van der Waals surface area contributed by atoms with Crippen molar-refractivity contribution in [2.75, 3.05) is 13.2 Å². The molecule has 0 fully saturated rings. The number of aliphatic imine (C=N–C) groups is 1. The van der Waals surface area contributed by atoms with E-state index in [4.69, 9.17) is 4.74 Å². The molecule has 0 bridgehead atoms. The van der Waals surface area contributed by atoms with Crippen molar-refractivity contribution in [3.8, 4) is 0 Å². The molecule has 0 aliphatic rings. The van der Waals surface area contributed by atoms with Crippen LogP contribution in [0.25, 0.3) is 0 Å². The SMILES string of the molecule is CCCOCc1ccccc1CNC(=NCc1ccsc1)NCC.I. The minimum Gasteiger partial charge on any atom is -0.377 e. The van der Waals surface area contributed by atoms with Crippen LogP contribution >= 0.6 is 35.3 Å². The molecule has 25 heavy (non-hydrogen) atoms. The smallest absolute Gasteiger partial charge is 0.191 e. The molecular formula is C19H28IN3OS. The standard InChI is InChI=1S/C19H27N3OS.HI/c1-3-10-23-14-18-8-6-5-7-17(18)13-22-19(20-4-2)21-12-16-9-11-24-15-16;/h5-9,11,15H,3-4,10,12-14H2,1-2H3,(H2,20,21,22);1H. The van der Waals surface area contributed by atoms with E-state index in [9.17, 15) is 0 Å². The summed E-state index contributed by atoms with van der Waals surface area (Å²) in [6.07, 6.45) is 1.04. The third-order valence-electron chi connectivity index (χ3n) is 3.51. The van der Waals surface area contributed by atoms with Crippen molar-refractivity contribution in [3.05, 3.63) is 57.8 Å². The van der Waals surface area contributed by atoms with E-state index in [1.807, 2.05) is 0 Å². The lowest BCUT2D eigenvalue weighted by Crippen LogP contribution is -2.37. The van der Waals surface area contributed by atoms with Gasteiger partial charge in [-0.15, -0.1) is 24.0 Å². The predicted molar refractivity (Wildman–Crippen MR) is 118 cm³/mol. The van der Waals surface area contributed by atoms with Crippen LogP contribution < -0.4 is 10.6 Å². The molecule has 0 amide bonds. The minimum absolute atomic E-state index is 0. The molecule has 2 rings (SSSR count). The Morgan fingerprint density at radius 3 is 2.60 bits per heavy atom. The molecule has 0 radical (unpaired) electrons. The summed E-state index contributed by atoms with van der Waals surface area (Å²) in [5.74, 6) is 0.841. The lowest BCUT2D eigenvalue weighted by molar-refractivity contribution is 0.121. The molecule has 6 heteroatoms. The fraction of sp³-hybridized carbons (Fsp3) is 0.421. The Morgan fingerprint density at radius 1 is 1.12 bits per heavy atom. The molecule has 0 saturated heterocycles. The van der Waals surface area contributed by atoms with Crippen molar-refractivity contribution in [2.45, 2.75) is 40.0 Å². The molecule has 2 N–H and O–H groups in total. The van der Waals surface area contributed by atoms with E-state index in [2.05, 4.69) is 70.6 Å². The van der Waals surface area contributed by atoms with Crippen molar-refractivity contribution in [1.82, 2.24) is 10.6 Å². The first-order chi connectivity index (χ1) is 11.8. The van der Waals surface area contributed by atoms with Gasteiger partial charge in [-0.25, -0.2) is 4.99 Å². The van der Waals surface area contributed by atoms with Gasteiger partial charge in [-0.3, -0.25) is 0 Å². The Hall–Kier alpha value is -1.12. The van der Waals surface area contributed by atoms with Gasteiger partial charge in [0.05, 0.1) is 13.2 Å². The number of rotatable bonds is 9. The first-order valence-electron chi connectivity index (χ1n) is 8.51. The van der Waals surface area contributed by atoms with Crippen molar-refractivity contribution in [2.24, 2.45) is 4.99 Å². The summed E-state index contributed by atoms with van der Waals surface area (Å²) in [6, 6.07) is 10.5. The van der Waals surface area contributed by atoms with Gasteiger partial charge in [0.15, 0.2) is 5.96 Å². The Balaban J connectivity index is 0.00000312. The van der Waals surface area contributed by atoms with Gasteiger partial charge >= 0.3 is 0 Å². The van der Waals surface area contributed by atoms with E-state index >= 15 is 0 Å². The van der Waals surface area contributed by atoms with E-state index in [0.717, 1.165) is 32.1 Å². The number of guanidine groups is 1. The maximum Gasteiger partial charge on any atom is 0.191 e. The third kappa shape index (κ3) is 8.20. The van der Waals surface area contributed by atoms with Crippen molar-refractivity contribution in [1.29, 1.82) is 0 Å².